The Morgan fingerprint density at radius 3 is 2.79 bits per heavy atom. The normalized spacial score (nSPS) is 22.2. The van der Waals surface area contributed by atoms with Crippen LogP contribution in [0.25, 0.3) is 0 Å². The van der Waals surface area contributed by atoms with Gasteiger partial charge in [-0.15, -0.1) is 11.3 Å². The molecule has 1 N–H and O–H groups in total. The number of rotatable bonds is 5. The van der Waals surface area contributed by atoms with Crippen molar-refractivity contribution in [3.8, 4) is 0 Å². The molecule has 3 saturated heterocycles. The molecular weight excluding hydrogens is 397 g/mol. The maximum absolute atomic E-state index is 14.7. The number of halogens is 1. The number of carbonyl (C=O) groups is 2. The van der Waals surface area contributed by atoms with Crippen LogP contribution >= 0.6 is 11.3 Å². The van der Waals surface area contributed by atoms with Crippen LogP contribution in [0.4, 0.5) is 20.6 Å². The number of nitrogens with zero attached hydrogens (tertiary/aromatic N) is 2. The van der Waals surface area contributed by atoms with Crippen molar-refractivity contribution in [3.05, 3.63) is 46.4 Å². The zero-order chi connectivity index (χ0) is 20.0. The molecule has 2 amide bonds. The molecule has 5 rings (SSSR count). The van der Waals surface area contributed by atoms with Crippen LogP contribution in [0.3, 0.4) is 0 Å². The van der Waals surface area contributed by atoms with E-state index >= 15 is 0 Å². The Bertz CT molecular complexity index is 939. The van der Waals surface area contributed by atoms with Crippen LogP contribution in [0.2, 0.25) is 0 Å². The third-order valence-electron chi connectivity index (χ3n) is 5.56. The first kappa shape index (κ1) is 18.4. The number of anilines is 2. The van der Waals surface area contributed by atoms with Gasteiger partial charge < -0.3 is 19.7 Å². The molecule has 1 spiro atoms. The van der Waals surface area contributed by atoms with E-state index in [-0.39, 0.29) is 30.2 Å². The van der Waals surface area contributed by atoms with E-state index in [0.717, 1.165) is 26.3 Å². The molecule has 152 valence electrons. The maximum Gasteiger partial charge on any atom is 0.414 e. The lowest BCUT2D eigenvalue weighted by molar-refractivity contribution is -0.127. The van der Waals surface area contributed by atoms with E-state index < -0.39 is 12.2 Å². The molecule has 1 aromatic heterocycles. The number of amides is 2. The molecule has 4 heterocycles. The molecular formula is C20H20FN3O4S. The zero-order valence-electron chi connectivity index (χ0n) is 15.6. The highest BCUT2D eigenvalue weighted by Gasteiger charge is 2.49. The minimum atomic E-state index is -0.540. The average molecular weight is 417 g/mol. The predicted octanol–water partition coefficient (Wildman–Crippen LogP) is 2.48. The molecule has 1 aromatic carbocycles. The number of carbonyl (C=O) groups excluding carboxylic acids is 2. The molecule has 29 heavy (non-hydrogen) atoms. The van der Waals surface area contributed by atoms with Crippen LogP contribution < -0.4 is 15.1 Å². The second-order valence-electron chi connectivity index (χ2n) is 7.79. The van der Waals surface area contributed by atoms with Gasteiger partial charge in [0.25, 0.3) is 5.91 Å². The summed E-state index contributed by atoms with van der Waals surface area (Å²) in [6, 6.07) is 8.33. The highest BCUT2D eigenvalue weighted by molar-refractivity contribution is 7.12. The van der Waals surface area contributed by atoms with Crippen molar-refractivity contribution >= 4 is 34.7 Å². The van der Waals surface area contributed by atoms with Crippen molar-refractivity contribution in [2.45, 2.75) is 6.10 Å². The summed E-state index contributed by atoms with van der Waals surface area (Å²) in [7, 11) is 0. The third kappa shape index (κ3) is 3.34. The van der Waals surface area contributed by atoms with Gasteiger partial charge in [-0.1, -0.05) is 6.07 Å². The van der Waals surface area contributed by atoms with E-state index in [9.17, 15) is 14.0 Å². The van der Waals surface area contributed by atoms with E-state index in [2.05, 4.69) is 5.32 Å². The number of ether oxygens (including phenoxy) is 2. The van der Waals surface area contributed by atoms with Crippen LogP contribution in [0.5, 0.6) is 0 Å². The van der Waals surface area contributed by atoms with Gasteiger partial charge in [0.15, 0.2) is 0 Å². The van der Waals surface area contributed by atoms with E-state index in [0.29, 0.717) is 16.3 Å². The van der Waals surface area contributed by atoms with E-state index in [1.807, 2.05) is 10.3 Å². The van der Waals surface area contributed by atoms with Gasteiger partial charge in [-0.25, -0.2) is 9.18 Å². The first-order chi connectivity index (χ1) is 14.0. The molecule has 1 atom stereocenters. The van der Waals surface area contributed by atoms with Gasteiger partial charge in [-0.2, -0.15) is 0 Å². The Morgan fingerprint density at radius 2 is 2.14 bits per heavy atom. The van der Waals surface area contributed by atoms with Crippen LogP contribution in [0.1, 0.15) is 9.67 Å². The molecule has 3 fully saturated rings. The minimum Gasteiger partial charge on any atom is -0.442 e. The Hall–Kier alpha value is -2.65. The zero-order valence-corrected chi connectivity index (χ0v) is 16.4. The molecule has 0 aliphatic carbocycles. The predicted molar refractivity (Wildman–Crippen MR) is 106 cm³/mol. The standard InChI is InChI=1S/C20H20FN3O4S/c21-15-6-13(3-4-16(15)23-9-20(10-23)11-27-12-20)24-8-14(28-19(24)26)7-22-18(25)17-2-1-5-29-17/h1-6,14H,7-12H2,(H,22,25). The molecule has 3 aliphatic rings. The van der Waals surface area contributed by atoms with Crippen molar-refractivity contribution in [3.63, 3.8) is 0 Å². The number of nitrogens with one attached hydrogen (secondary N) is 1. The monoisotopic (exact) mass is 417 g/mol. The smallest absolute Gasteiger partial charge is 0.414 e. The summed E-state index contributed by atoms with van der Waals surface area (Å²) in [5.41, 5.74) is 1.19. The summed E-state index contributed by atoms with van der Waals surface area (Å²) in [6.07, 6.45) is -1.02. The summed E-state index contributed by atoms with van der Waals surface area (Å²) in [6.45, 7) is 3.53. The highest BCUT2D eigenvalue weighted by Crippen LogP contribution is 2.41. The van der Waals surface area contributed by atoms with E-state index in [1.165, 1.54) is 22.3 Å². The van der Waals surface area contributed by atoms with Crippen molar-refractivity contribution in [2.24, 2.45) is 5.41 Å². The van der Waals surface area contributed by atoms with Gasteiger partial charge >= 0.3 is 6.09 Å². The summed E-state index contributed by atoms with van der Waals surface area (Å²) in [5, 5.41) is 4.59. The fourth-order valence-electron chi connectivity index (χ4n) is 3.97. The van der Waals surface area contributed by atoms with Crippen LogP contribution in [0.15, 0.2) is 35.7 Å². The Morgan fingerprint density at radius 1 is 1.31 bits per heavy atom. The largest absolute Gasteiger partial charge is 0.442 e. The Labute approximate surface area is 171 Å². The van der Waals surface area contributed by atoms with E-state index in [4.69, 9.17) is 9.47 Å². The minimum absolute atomic E-state index is 0.199. The first-order valence-corrected chi connectivity index (χ1v) is 10.3. The topological polar surface area (TPSA) is 71.1 Å². The Balaban J connectivity index is 1.20. The number of hydrogen-bond donors (Lipinski definition) is 1. The lowest BCUT2D eigenvalue weighted by atomic mass is 9.78. The van der Waals surface area contributed by atoms with Crippen molar-refractivity contribution in [2.75, 3.05) is 49.2 Å². The summed E-state index contributed by atoms with van der Waals surface area (Å²) >= 11 is 1.35. The fourth-order valence-corrected chi connectivity index (χ4v) is 4.61. The number of cyclic esters (lactones) is 1. The van der Waals surface area contributed by atoms with Gasteiger partial charge in [0.05, 0.1) is 48.0 Å². The SMILES string of the molecule is O=C(NCC1CN(c2ccc(N3CC4(COC4)C3)c(F)c2)C(=O)O1)c1cccs1. The lowest BCUT2D eigenvalue weighted by Gasteiger charge is -2.56. The molecule has 1 unspecified atom stereocenters. The van der Waals surface area contributed by atoms with Crippen LogP contribution in [-0.4, -0.2) is 57.5 Å². The molecule has 0 radical (unpaired) electrons. The van der Waals surface area contributed by atoms with Gasteiger partial charge in [0.1, 0.15) is 11.9 Å². The number of benzene rings is 1. The molecule has 3 aliphatic heterocycles. The lowest BCUT2D eigenvalue weighted by Crippen LogP contribution is -2.66. The molecule has 7 nitrogen and oxygen atoms in total. The number of hydrogen-bond acceptors (Lipinski definition) is 6. The van der Waals surface area contributed by atoms with Crippen molar-refractivity contribution in [1.29, 1.82) is 0 Å². The maximum atomic E-state index is 14.7. The van der Waals surface area contributed by atoms with Crippen LogP contribution in [-0.2, 0) is 9.47 Å². The number of thiophene rings is 1. The molecule has 9 heteroatoms. The molecule has 0 saturated carbocycles. The van der Waals surface area contributed by atoms with Gasteiger partial charge in [0.2, 0.25) is 0 Å². The van der Waals surface area contributed by atoms with E-state index in [1.54, 1.807) is 24.3 Å². The molecule has 0 bridgehead atoms. The summed E-state index contributed by atoms with van der Waals surface area (Å²) in [4.78, 5) is 28.3. The van der Waals surface area contributed by atoms with Crippen molar-refractivity contribution in [1.82, 2.24) is 5.32 Å². The van der Waals surface area contributed by atoms with Crippen LogP contribution in [0, 0.1) is 11.2 Å². The Kier molecular flexibility index (Phi) is 4.44. The summed E-state index contributed by atoms with van der Waals surface area (Å²) in [5.74, 6) is -0.561. The highest BCUT2D eigenvalue weighted by atomic mass is 32.1. The molecule has 2 aromatic rings. The quantitative estimate of drug-likeness (QED) is 0.809. The van der Waals surface area contributed by atoms with Crippen molar-refractivity contribution < 1.29 is 23.5 Å². The fraction of sp³-hybridized carbons (Fsp3) is 0.400. The van der Waals surface area contributed by atoms with Gasteiger partial charge in [-0.3, -0.25) is 9.69 Å². The second-order valence-corrected chi connectivity index (χ2v) is 8.74. The summed E-state index contributed by atoms with van der Waals surface area (Å²) < 4.78 is 25.3. The van der Waals surface area contributed by atoms with Gasteiger partial charge in [-0.05, 0) is 29.6 Å². The average Bonchev–Trinajstić information content (AvgIpc) is 3.28. The second kappa shape index (κ2) is 7.00. The van der Waals surface area contributed by atoms with Gasteiger partial charge in [0, 0.05) is 13.1 Å². The third-order valence-corrected chi connectivity index (χ3v) is 6.43. The first-order valence-electron chi connectivity index (χ1n) is 9.45.